The summed E-state index contributed by atoms with van der Waals surface area (Å²) in [7, 11) is 0. The lowest BCUT2D eigenvalue weighted by molar-refractivity contribution is -0.147. The van der Waals surface area contributed by atoms with Crippen LogP contribution >= 0.6 is 0 Å². The van der Waals surface area contributed by atoms with Gasteiger partial charge in [0.2, 0.25) is 5.91 Å². The summed E-state index contributed by atoms with van der Waals surface area (Å²) in [6.07, 6.45) is -2.73. The summed E-state index contributed by atoms with van der Waals surface area (Å²) in [5.74, 6) is -5.23. The van der Waals surface area contributed by atoms with Crippen molar-refractivity contribution in [2.24, 2.45) is 0 Å². The van der Waals surface area contributed by atoms with Gasteiger partial charge in [-0.3, -0.25) is 14.4 Å². The standard InChI is InChI=1S/C32H35F2N3O5/c1-21-10-6-8-14-24(21)18-35-30(40)26-17-32(33,34)20-37(26)31(41)29(39)25(16-23-12-4-3-5-13-23)36-28(38)19-42-27-15-9-7-11-22(27)2/h3-15,25-26,29,39H,16-20H2,1-2H3,(H,35,40)(H,36,38)/t25-,26-,29-/m0/s1. The number of nitrogens with zero attached hydrogens (tertiary/aromatic N) is 1. The van der Waals surface area contributed by atoms with E-state index in [-0.39, 0.29) is 19.6 Å². The van der Waals surface area contributed by atoms with Crippen LogP contribution in [-0.2, 0) is 27.3 Å². The Labute approximate surface area is 243 Å². The van der Waals surface area contributed by atoms with E-state index in [1.54, 1.807) is 48.5 Å². The highest BCUT2D eigenvalue weighted by Gasteiger charge is 2.51. The molecule has 1 aliphatic rings. The molecular weight excluding hydrogens is 544 g/mol. The van der Waals surface area contributed by atoms with Crippen LogP contribution in [0.5, 0.6) is 5.75 Å². The molecule has 0 spiro atoms. The van der Waals surface area contributed by atoms with Gasteiger partial charge < -0.3 is 25.4 Å². The highest BCUT2D eigenvalue weighted by atomic mass is 19.3. The summed E-state index contributed by atoms with van der Waals surface area (Å²) >= 11 is 0. The van der Waals surface area contributed by atoms with Gasteiger partial charge in [0.25, 0.3) is 17.7 Å². The number of aliphatic hydroxyl groups is 1. The van der Waals surface area contributed by atoms with Crippen molar-refractivity contribution < 1.29 is 33.0 Å². The highest BCUT2D eigenvalue weighted by Crippen LogP contribution is 2.33. The fraction of sp³-hybridized carbons (Fsp3) is 0.344. The number of likely N-dealkylation sites (tertiary alicyclic amines) is 1. The minimum atomic E-state index is -3.32. The van der Waals surface area contributed by atoms with Crippen LogP contribution in [0.1, 0.15) is 28.7 Å². The fourth-order valence-corrected chi connectivity index (χ4v) is 4.95. The molecule has 1 heterocycles. The van der Waals surface area contributed by atoms with E-state index in [9.17, 15) is 28.3 Å². The van der Waals surface area contributed by atoms with Crippen LogP contribution in [0.25, 0.3) is 0 Å². The Morgan fingerprint density at radius 2 is 1.62 bits per heavy atom. The number of ether oxygens (including phenoxy) is 1. The summed E-state index contributed by atoms with van der Waals surface area (Å²) in [5, 5.41) is 16.4. The van der Waals surface area contributed by atoms with Crippen molar-refractivity contribution in [3.05, 3.63) is 101 Å². The maximum atomic E-state index is 14.6. The number of hydrogen-bond acceptors (Lipinski definition) is 5. The molecule has 3 aromatic rings. The first-order valence-corrected chi connectivity index (χ1v) is 13.7. The van der Waals surface area contributed by atoms with E-state index in [0.29, 0.717) is 16.2 Å². The molecule has 0 aliphatic carbocycles. The van der Waals surface area contributed by atoms with Crippen molar-refractivity contribution in [1.82, 2.24) is 15.5 Å². The molecule has 3 atom stereocenters. The van der Waals surface area contributed by atoms with Crippen LogP contribution in [-0.4, -0.2) is 65.0 Å². The summed E-state index contributed by atoms with van der Waals surface area (Å²) in [4.78, 5) is 40.1. The second-order valence-electron chi connectivity index (χ2n) is 10.5. The second-order valence-corrected chi connectivity index (χ2v) is 10.5. The van der Waals surface area contributed by atoms with E-state index in [2.05, 4.69) is 10.6 Å². The number of rotatable bonds is 11. The summed E-state index contributed by atoms with van der Waals surface area (Å²) in [6, 6.07) is 20.6. The molecule has 0 aromatic heterocycles. The van der Waals surface area contributed by atoms with E-state index in [1.807, 2.05) is 44.2 Å². The number of carbonyl (C=O) groups is 3. The predicted octanol–water partition coefficient (Wildman–Crippen LogP) is 3.32. The number of carbonyl (C=O) groups excluding carboxylic acids is 3. The maximum Gasteiger partial charge on any atom is 0.267 e. The van der Waals surface area contributed by atoms with Gasteiger partial charge in [-0.2, -0.15) is 0 Å². The van der Waals surface area contributed by atoms with Gasteiger partial charge in [-0.25, -0.2) is 8.78 Å². The van der Waals surface area contributed by atoms with Crippen LogP contribution in [0.4, 0.5) is 8.78 Å². The maximum absolute atomic E-state index is 14.6. The minimum absolute atomic E-state index is 0.0399. The van der Waals surface area contributed by atoms with Crippen LogP contribution < -0.4 is 15.4 Å². The predicted molar refractivity (Wildman–Crippen MR) is 153 cm³/mol. The zero-order valence-electron chi connectivity index (χ0n) is 23.6. The van der Waals surface area contributed by atoms with Gasteiger partial charge in [0.15, 0.2) is 12.7 Å². The highest BCUT2D eigenvalue weighted by molar-refractivity contribution is 5.91. The Balaban J connectivity index is 1.48. The van der Waals surface area contributed by atoms with Gasteiger partial charge >= 0.3 is 0 Å². The summed E-state index contributed by atoms with van der Waals surface area (Å²) in [5.41, 5.74) is 3.26. The number of aliphatic hydroxyl groups excluding tert-OH is 1. The first-order valence-electron chi connectivity index (χ1n) is 13.7. The summed E-state index contributed by atoms with van der Waals surface area (Å²) < 4.78 is 34.7. The lowest BCUT2D eigenvalue weighted by atomic mass is 9.99. The third kappa shape index (κ3) is 7.91. The molecule has 1 fully saturated rings. The second kappa shape index (κ2) is 13.6. The molecule has 1 aliphatic heterocycles. The average molecular weight is 580 g/mol. The third-order valence-corrected chi connectivity index (χ3v) is 7.30. The number of halogens is 2. The molecule has 0 saturated carbocycles. The number of nitrogens with one attached hydrogen (secondary N) is 2. The van der Waals surface area contributed by atoms with Crippen LogP contribution in [0.15, 0.2) is 78.9 Å². The Hall–Kier alpha value is -4.31. The zero-order chi connectivity index (χ0) is 30.3. The Bertz CT molecular complexity index is 1400. The molecule has 1 saturated heterocycles. The normalized spacial score (nSPS) is 17.3. The number of hydrogen-bond donors (Lipinski definition) is 3. The number of aryl methyl sites for hydroxylation is 2. The molecule has 0 unspecified atom stereocenters. The van der Waals surface area contributed by atoms with Crippen molar-refractivity contribution in [1.29, 1.82) is 0 Å². The molecule has 222 valence electrons. The molecule has 3 N–H and O–H groups in total. The Morgan fingerprint density at radius 1 is 0.976 bits per heavy atom. The fourth-order valence-electron chi connectivity index (χ4n) is 4.95. The van der Waals surface area contributed by atoms with Gasteiger partial charge in [0, 0.05) is 13.0 Å². The van der Waals surface area contributed by atoms with E-state index in [4.69, 9.17) is 4.74 Å². The smallest absolute Gasteiger partial charge is 0.267 e. The van der Waals surface area contributed by atoms with Crippen molar-refractivity contribution in [2.45, 2.75) is 57.3 Å². The van der Waals surface area contributed by atoms with Crippen LogP contribution in [0.3, 0.4) is 0 Å². The number of benzene rings is 3. The number of alkyl halides is 2. The quantitative estimate of drug-likeness (QED) is 0.323. The number of amides is 3. The molecule has 4 rings (SSSR count). The van der Waals surface area contributed by atoms with Gasteiger partial charge in [0.1, 0.15) is 11.8 Å². The van der Waals surface area contributed by atoms with Crippen molar-refractivity contribution in [2.75, 3.05) is 13.2 Å². The SMILES string of the molecule is Cc1ccccc1CNC(=O)[C@@H]1CC(F)(F)CN1C(=O)[C@@H](O)[C@H](Cc1ccccc1)NC(=O)COc1ccccc1C. The Morgan fingerprint density at radius 3 is 2.31 bits per heavy atom. The van der Waals surface area contributed by atoms with Crippen molar-refractivity contribution >= 4 is 17.7 Å². The van der Waals surface area contributed by atoms with E-state index >= 15 is 0 Å². The van der Waals surface area contributed by atoms with Crippen LogP contribution in [0, 0.1) is 13.8 Å². The largest absolute Gasteiger partial charge is 0.484 e. The average Bonchev–Trinajstić information content (AvgIpc) is 3.31. The number of para-hydroxylation sites is 1. The molecule has 42 heavy (non-hydrogen) atoms. The Kier molecular flexibility index (Phi) is 9.90. The van der Waals surface area contributed by atoms with E-state index in [1.165, 1.54) is 0 Å². The van der Waals surface area contributed by atoms with Gasteiger partial charge in [0.05, 0.1) is 12.6 Å². The van der Waals surface area contributed by atoms with Crippen molar-refractivity contribution in [3.8, 4) is 5.75 Å². The topological polar surface area (TPSA) is 108 Å². The molecule has 10 heteroatoms. The minimum Gasteiger partial charge on any atom is -0.484 e. The van der Waals surface area contributed by atoms with Crippen molar-refractivity contribution in [3.63, 3.8) is 0 Å². The molecule has 8 nitrogen and oxygen atoms in total. The first kappa shape index (κ1) is 30.6. The molecule has 3 amide bonds. The third-order valence-electron chi connectivity index (χ3n) is 7.30. The molecule has 3 aromatic carbocycles. The van der Waals surface area contributed by atoms with Gasteiger partial charge in [-0.1, -0.05) is 72.8 Å². The summed E-state index contributed by atoms with van der Waals surface area (Å²) in [6.45, 7) is 2.39. The molecule has 0 bridgehead atoms. The first-order chi connectivity index (χ1) is 20.0. The van der Waals surface area contributed by atoms with Gasteiger partial charge in [-0.05, 0) is 48.6 Å². The lowest BCUT2D eigenvalue weighted by Crippen LogP contribution is -2.56. The molecular formula is C32H35F2N3O5. The van der Waals surface area contributed by atoms with Crippen LogP contribution in [0.2, 0.25) is 0 Å². The van der Waals surface area contributed by atoms with E-state index < -0.39 is 54.8 Å². The molecule has 0 radical (unpaired) electrons. The zero-order valence-corrected chi connectivity index (χ0v) is 23.6. The van der Waals surface area contributed by atoms with E-state index in [0.717, 1.165) is 16.7 Å². The lowest BCUT2D eigenvalue weighted by Gasteiger charge is -2.30. The monoisotopic (exact) mass is 579 g/mol. The van der Waals surface area contributed by atoms with Gasteiger partial charge in [-0.15, -0.1) is 0 Å².